The topological polar surface area (TPSA) is 67.4 Å². The zero-order valence-electron chi connectivity index (χ0n) is 11.5. The van der Waals surface area contributed by atoms with Gasteiger partial charge in [-0.05, 0) is 26.8 Å². The lowest BCUT2D eigenvalue weighted by Gasteiger charge is -2.20. The van der Waals surface area contributed by atoms with Crippen molar-refractivity contribution in [3.8, 4) is 0 Å². The van der Waals surface area contributed by atoms with Crippen LogP contribution in [-0.2, 0) is 9.53 Å². The van der Waals surface area contributed by atoms with Crippen LogP contribution in [0, 0.1) is 0 Å². The van der Waals surface area contributed by atoms with E-state index in [1.54, 1.807) is 20.8 Å². The van der Waals surface area contributed by atoms with Gasteiger partial charge in [-0.2, -0.15) is 0 Å². The highest BCUT2D eigenvalue weighted by atomic mass is 32.2. The highest BCUT2D eigenvalue weighted by Gasteiger charge is 2.15. The van der Waals surface area contributed by atoms with Crippen LogP contribution in [0.15, 0.2) is 35.7 Å². The van der Waals surface area contributed by atoms with E-state index in [9.17, 15) is 9.59 Å². The molecular formula is C13H20N2O3S. The molecule has 0 bridgehead atoms. The lowest BCUT2D eigenvalue weighted by Crippen LogP contribution is -2.33. The second-order valence-corrected chi connectivity index (χ2v) is 5.89. The Morgan fingerprint density at radius 2 is 1.89 bits per heavy atom. The number of amides is 2. The van der Waals surface area contributed by atoms with Gasteiger partial charge in [0, 0.05) is 4.91 Å². The molecule has 0 unspecified atom stereocenters. The standard InChI is InChI=1S/C13H20N2O3S/c1-7-11(16)15-10(3)19-9(2)8-14-12(17)18-13(4,5)6/h7H,1-3,8H2,4-6H3,(H,14,17)(H,15,16). The average molecular weight is 284 g/mol. The molecule has 106 valence electrons. The SMILES string of the molecule is C=CC(=O)NC(=C)SC(=C)CNC(=O)OC(C)(C)C. The summed E-state index contributed by atoms with van der Waals surface area (Å²) in [4.78, 5) is 23.0. The molecule has 0 fully saturated rings. The molecule has 0 spiro atoms. The third-order valence-corrected chi connectivity index (χ3v) is 2.33. The lowest BCUT2D eigenvalue weighted by atomic mass is 10.2. The van der Waals surface area contributed by atoms with Gasteiger partial charge in [0.25, 0.3) is 0 Å². The van der Waals surface area contributed by atoms with E-state index in [0.717, 1.165) is 17.8 Å². The maximum absolute atomic E-state index is 11.4. The lowest BCUT2D eigenvalue weighted by molar-refractivity contribution is -0.115. The van der Waals surface area contributed by atoms with Crippen LogP contribution in [0.25, 0.3) is 0 Å². The summed E-state index contributed by atoms with van der Waals surface area (Å²) < 4.78 is 5.07. The van der Waals surface area contributed by atoms with Crippen molar-refractivity contribution in [2.75, 3.05) is 6.54 Å². The fraction of sp³-hybridized carbons (Fsp3) is 0.385. The van der Waals surface area contributed by atoms with Gasteiger partial charge < -0.3 is 15.4 Å². The molecule has 0 rings (SSSR count). The molecule has 2 N–H and O–H groups in total. The smallest absolute Gasteiger partial charge is 0.407 e. The molecule has 0 saturated heterocycles. The van der Waals surface area contributed by atoms with Gasteiger partial charge in [0.15, 0.2) is 0 Å². The molecule has 0 aliphatic carbocycles. The van der Waals surface area contributed by atoms with Crippen molar-refractivity contribution >= 4 is 23.8 Å². The van der Waals surface area contributed by atoms with Crippen molar-refractivity contribution in [1.82, 2.24) is 10.6 Å². The summed E-state index contributed by atoms with van der Waals surface area (Å²) in [6, 6.07) is 0. The second-order valence-electron chi connectivity index (χ2n) is 4.61. The number of thioether (sulfide) groups is 1. The van der Waals surface area contributed by atoms with Gasteiger partial charge >= 0.3 is 6.09 Å². The van der Waals surface area contributed by atoms with Crippen molar-refractivity contribution in [3.05, 3.63) is 35.7 Å². The molecule has 2 amide bonds. The largest absolute Gasteiger partial charge is 0.444 e. The summed E-state index contributed by atoms with van der Waals surface area (Å²) >= 11 is 1.16. The molecule has 0 aliphatic heterocycles. The molecule has 0 radical (unpaired) electrons. The van der Waals surface area contributed by atoms with E-state index in [1.807, 2.05) is 0 Å². The molecule has 0 saturated carbocycles. The fourth-order valence-electron chi connectivity index (χ4n) is 0.909. The summed E-state index contributed by atoms with van der Waals surface area (Å²) in [5.74, 6) is -0.342. The van der Waals surface area contributed by atoms with E-state index in [2.05, 4.69) is 30.4 Å². The van der Waals surface area contributed by atoms with Gasteiger partial charge in [0.05, 0.1) is 11.6 Å². The highest BCUT2D eigenvalue weighted by Crippen LogP contribution is 2.19. The van der Waals surface area contributed by atoms with E-state index < -0.39 is 11.7 Å². The molecule has 0 heterocycles. The average Bonchev–Trinajstić information content (AvgIpc) is 2.23. The van der Waals surface area contributed by atoms with E-state index in [-0.39, 0.29) is 12.5 Å². The Bertz CT molecular complexity index is 397. The monoisotopic (exact) mass is 284 g/mol. The normalized spacial score (nSPS) is 10.3. The predicted octanol–water partition coefficient (Wildman–Crippen LogP) is 2.53. The van der Waals surface area contributed by atoms with Crippen molar-refractivity contribution in [2.45, 2.75) is 26.4 Å². The number of rotatable bonds is 6. The summed E-state index contributed by atoms with van der Waals surface area (Å²) in [7, 11) is 0. The zero-order valence-corrected chi connectivity index (χ0v) is 12.4. The van der Waals surface area contributed by atoms with E-state index in [1.165, 1.54) is 0 Å². The van der Waals surface area contributed by atoms with Crippen molar-refractivity contribution in [3.63, 3.8) is 0 Å². The predicted molar refractivity (Wildman–Crippen MR) is 78.4 cm³/mol. The van der Waals surface area contributed by atoms with E-state index in [4.69, 9.17) is 4.74 Å². The fourth-order valence-corrected chi connectivity index (χ4v) is 1.55. The number of carbonyl (C=O) groups is 2. The van der Waals surface area contributed by atoms with Crippen molar-refractivity contribution in [2.24, 2.45) is 0 Å². The van der Waals surface area contributed by atoms with Crippen molar-refractivity contribution in [1.29, 1.82) is 0 Å². The first-order valence-electron chi connectivity index (χ1n) is 5.59. The van der Waals surface area contributed by atoms with Crippen LogP contribution in [0.1, 0.15) is 20.8 Å². The highest BCUT2D eigenvalue weighted by molar-refractivity contribution is 8.06. The minimum Gasteiger partial charge on any atom is -0.444 e. The Kier molecular flexibility index (Phi) is 7.00. The van der Waals surface area contributed by atoms with Gasteiger partial charge in [-0.3, -0.25) is 4.79 Å². The maximum atomic E-state index is 11.4. The molecule has 0 atom stereocenters. The summed E-state index contributed by atoms with van der Waals surface area (Å²) in [6.07, 6.45) is 0.628. The number of nitrogens with one attached hydrogen (secondary N) is 2. The van der Waals surface area contributed by atoms with Crippen LogP contribution in [0.4, 0.5) is 4.79 Å². The van der Waals surface area contributed by atoms with Gasteiger partial charge in [-0.1, -0.05) is 31.5 Å². The van der Waals surface area contributed by atoms with E-state index in [0.29, 0.717) is 9.93 Å². The Morgan fingerprint density at radius 3 is 2.37 bits per heavy atom. The zero-order chi connectivity index (χ0) is 15.1. The van der Waals surface area contributed by atoms with E-state index >= 15 is 0 Å². The third-order valence-electron chi connectivity index (χ3n) is 1.54. The van der Waals surface area contributed by atoms with Crippen LogP contribution in [0.3, 0.4) is 0 Å². The number of hydrogen-bond donors (Lipinski definition) is 2. The Hall–Kier alpha value is -1.69. The molecular weight excluding hydrogens is 264 g/mol. The van der Waals surface area contributed by atoms with Crippen molar-refractivity contribution < 1.29 is 14.3 Å². The van der Waals surface area contributed by atoms with Crippen LogP contribution < -0.4 is 10.6 Å². The molecule has 0 aliphatic rings. The molecule has 0 aromatic rings. The number of hydrogen-bond acceptors (Lipinski definition) is 4. The first-order valence-corrected chi connectivity index (χ1v) is 6.40. The van der Waals surface area contributed by atoms with Gasteiger partial charge in [0.1, 0.15) is 5.60 Å². The first kappa shape index (κ1) is 17.3. The quantitative estimate of drug-likeness (QED) is 0.736. The Morgan fingerprint density at radius 1 is 1.32 bits per heavy atom. The number of ether oxygens (including phenoxy) is 1. The summed E-state index contributed by atoms with van der Waals surface area (Å²) in [5, 5.41) is 5.47. The van der Waals surface area contributed by atoms with Gasteiger partial charge in [-0.15, -0.1) is 0 Å². The Balaban J connectivity index is 4.00. The minimum absolute atomic E-state index is 0.225. The van der Waals surface area contributed by atoms with Gasteiger partial charge in [-0.25, -0.2) is 4.79 Å². The first-order chi connectivity index (χ1) is 8.64. The van der Waals surface area contributed by atoms with Crippen LogP contribution in [-0.4, -0.2) is 24.1 Å². The number of carbonyl (C=O) groups excluding carboxylic acids is 2. The molecule has 5 nitrogen and oxygen atoms in total. The maximum Gasteiger partial charge on any atom is 0.407 e. The Labute approximate surface area is 118 Å². The molecule has 0 aromatic heterocycles. The van der Waals surface area contributed by atoms with Crippen LogP contribution in [0.5, 0.6) is 0 Å². The molecule has 6 heteroatoms. The minimum atomic E-state index is -0.542. The second kappa shape index (κ2) is 7.68. The van der Waals surface area contributed by atoms with Crippen LogP contribution >= 0.6 is 11.8 Å². The molecule has 19 heavy (non-hydrogen) atoms. The molecule has 0 aromatic carbocycles. The van der Waals surface area contributed by atoms with Crippen LogP contribution in [0.2, 0.25) is 0 Å². The van der Waals surface area contributed by atoms with Gasteiger partial charge in [0.2, 0.25) is 5.91 Å². The third kappa shape index (κ3) is 9.96. The summed E-state index contributed by atoms with van der Waals surface area (Å²) in [5.41, 5.74) is -0.542. The number of alkyl carbamates (subject to hydrolysis) is 1. The summed E-state index contributed by atoms with van der Waals surface area (Å²) in [6.45, 7) is 16.3.